The monoisotopic (exact) mass is 188 g/mol. The molecule has 1 N–H and O–H groups in total. The number of hydrogen-bond acceptors (Lipinski definition) is 4. The molecule has 0 aliphatic heterocycles. The highest BCUT2D eigenvalue weighted by Gasteiger charge is 1.98. The van der Waals surface area contributed by atoms with Crippen molar-refractivity contribution in [3.8, 4) is 5.75 Å². The van der Waals surface area contributed by atoms with Crippen LogP contribution in [0.2, 0.25) is 0 Å². The number of nitrogens with zero attached hydrogens (tertiary/aromatic N) is 1. The second kappa shape index (κ2) is 4.97. The van der Waals surface area contributed by atoms with Crippen LogP contribution in [-0.4, -0.2) is 11.5 Å². The molecule has 1 rings (SSSR count). The lowest BCUT2D eigenvalue weighted by molar-refractivity contribution is 0.183. The van der Waals surface area contributed by atoms with Gasteiger partial charge in [0, 0.05) is 7.05 Å². The minimum absolute atomic E-state index is 0.685. The predicted octanol–water partition coefficient (Wildman–Crippen LogP) is 1.95. The number of rotatable bonds is 4. The second-order valence-electron chi connectivity index (χ2n) is 2.05. The molecule has 0 amide bonds. The van der Waals surface area contributed by atoms with Crippen LogP contribution < -0.4 is 9.83 Å². The molecule has 0 saturated heterocycles. The van der Waals surface area contributed by atoms with Crippen LogP contribution in [0.4, 0.5) is 4.48 Å². The van der Waals surface area contributed by atoms with E-state index in [4.69, 9.17) is 4.18 Å². The van der Waals surface area contributed by atoms with E-state index < -0.39 is 0 Å². The van der Waals surface area contributed by atoms with Crippen molar-refractivity contribution >= 4 is 12.2 Å². The van der Waals surface area contributed by atoms with E-state index in [0.29, 0.717) is 5.75 Å². The Morgan fingerprint density at radius 1 is 1.42 bits per heavy atom. The standard InChI is InChI=1S/C7H9FN2OS/c1-10(9-8)12-11-7-5-3-2-4-6-7/h2-6,9H,1H3. The van der Waals surface area contributed by atoms with Crippen molar-refractivity contribution in [1.29, 1.82) is 0 Å². The molecule has 1 aromatic carbocycles. The first kappa shape index (κ1) is 9.31. The van der Waals surface area contributed by atoms with Gasteiger partial charge >= 0.3 is 0 Å². The molecule has 1 aromatic rings. The third kappa shape index (κ3) is 3.08. The quantitative estimate of drug-likeness (QED) is 0.338. The van der Waals surface area contributed by atoms with Crippen LogP contribution in [0, 0.1) is 0 Å². The Morgan fingerprint density at radius 3 is 2.67 bits per heavy atom. The van der Waals surface area contributed by atoms with Crippen molar-refractivity contribution in [2.75, 3.05) is 7.05 Å². The van der Waals surface area contributed by atoms with Gasteiger partial charge in [0.25, 0.3) is 0 Å². The smallest absolute Gasteiger partial charge is 0.164 e. The summed E-state index contributed by atoms with van der Waals surface area (Å²) in [6, 6.07) is 9.16. The van der Waals surface area contributed by atoms with E-state index in [-0.39, 0.29) is 0 Å². The molecule has 0 heterocycles. The fourth-order valence-corrected chi connectivity index (χ4v) is 0.926. The molecule has 0 aliphatic rings. The minimum Gasteiger partial charge on any atom is -0.409 e. The van der Waals surface area contributed by atoms with Crippen LogP contribution >= 0.6 is 12.2 Å². The average molecular weight is 188 g/mol. The highest BCUT2D eigenvalue weighted by molar-refractivity contribution is 7.92. The van der Waals surface area contributed by atoms with Crippen molar-refractivity contribution in [3.05, 3.63) is 30.3 Å². The van der Waals surface area contributed by atoms with E-state index in [1.807, 2.05) is 18.2 Å². The zero-order chi connectivity index (χ0) is 8.81. The summed E-state index contributed by atoms with van der Waals surface area (Å²) in [5.41, 5.74) is 1.41. The number of hydrazine groups is 1. The summed E-state index contributed by atoms with van der Waals surface area (Å²) in [6.45, 7) is 0. The van der Waals surface area contributed by atoms with Crippen molar-refractivity contribution in [2.24, 2.45) is 0 Å². The second-order valence-corrected chi connectivity index (χ2v) is 2.92. The Bertz CT molecular complexity index is 222. The molecule has 0 fully saturated rings. The molecule has 0 aliphatic carbocycles. The van der Waals surface area contributed by atoms with Crippen molar-refractivity contribution in [2.45, 2.75) is 0 Å². The third-order valence-corrected chi connectivity index (χ3v) is 1.67. The van der Waals surface area contributed by atoms with Crippen molar-refractivity contribution < 1.29 is 8.66 Å². The van der Waals surface area contributed by atoms with E-state index >= 15 is 0 Å². The molecule has 66 valence electrons. The van der Waals surface area contributed by atoms with Gasteiger partial charge < -0.3 is 4.18 Å². The lowest BCUT2D eigenvalue weighted by Gasteiger charge is -2.09. The van der Waals surface area contributed by atoms with Crippen LogP contribution in [0.5, 0.6) is 5.75 Å². The summed E-state index contributed by atoms with van der Waals surface area (Å²) in [5.74, 6) is 0.685. The van der Waals surface area contributed by atoms with Gasteiger partial charge in [0.2, 0.25) is 0 Å². The topological polar surface area (TPSA) is 24.5 Å². The maximum atomic E-state index is 11.7. The van der Waals surface area contributed by atoms with Crippen LogP contribution in [-0.2, 0) is 0 Å². The Hall–Kier alpha value is -0.780. The summed E-state index contributed by atoms with van der Waals surface area (Å²) >= 11 is 0.877. The van der Waals surface area contributed by atoms with Gasteiger partial charge in [-0.1, -0.05) is 23.8 Å². The first-order chi connectivity index (χ1) is 5.83. The van der Waals surface area contributed by atoms with Crippen LogP contribution in [0.25, 0.3) is 0 Å². The Labute approximate surface area is 74.8 Å². The van der Waals surface area contributed by atoms with E-state index in [2.05, 4.69) is 0 Å². The van der Waals surface area contributed by atoms with Gasteiger partial charge in [-0.05, 0) is 12.1 Å². The molecule has 0 unspecified atom stereocenters. The molecule has 3 nitrogen and oxygen atoms in total. The summed E-state index contributed by atoms with van der Waals surface area (Å²) < 4.78 is 17.9. The zero-order valence-corrected chi connectivity index (χ0v) is 7.34. The summed E-state index contributed by atoms with van der Waals surface area (Å²) in [4.78, 5) is 0. The summed E-state index contributed by atoms with van der Waals surface area (Å²) in [5, 5.41) is 0. The predicted molar refractivity (Wildman–Crippen MR) is 46.7 cm³/mol. The zero-order valence-electron chi connectivity index (χ0n) is 6.53. The lowest BCUT2D eigenvalue weighted by atomic mass is 10.3. The van der Waals surface area contributed by atoms with Gasteiger partial charge in [0.1, 0.15) is 5.75 Å². The Kier molecular flexibility index (Phi) is 3.86. The maximum Gasteiger partial charge on any atom is 0.164 e. The number of halogens is 1. The van der Waals surface area contributed by atoms with Crippen molar-refractivity contribution in [3.63, 3.8) is 0 Å². The average Bonchev–Trinajstić information content (AvgIpc) is 2.16. The number of benzene rings is 1. The molecule has 0 atom stereocenters. The Balaban J connectivity index is 2.33. The van der Waals surface area contributed by atoms with Gasteiger partial charge in [-0.2, -0.15) is 0 Å². The van der Waals surface area contributed by atoms with Crippen molar-refractivity contribution in [1.82, 2.24) is 10.1 Å². The van der Waals surface area contributed by atoms with Gasteiger partial charge in [-0.15, -0.1) is 8.90 Å². The maximum absolute atomic E-state index is 11.7. The number of nitrogens with one attached hydrogen (secondary N) is 1. The molecule has 0 saturated carbocycles. The fourth-order valence-electron chi connectivity index (χ4n) is 0.589. The molecule has 0 bridgehead atoms. The van der Waals surface area contributed by atoms with E-state index in [0.717, 1.165) is 16.6 Å². The highest BCUT2D eigenvalue weighted by Crippen LogP contribution is 2.15. The van der Waals surface area contributed by atoms with Crippen LogP contribution in [0.3, 0.4) is 0 Å². The molecular weight excluding hydrogens is 179 g/mol. The van der Waals surface area contributed by atoms with E-state index in [1.165, 1.54) is 12.7 Å². The first-order valence-electron chi connectivity index (χ1n) is 3.32. The summed E-state index contributed by atoms with van der Waals surface area (Å²) in [6.07, 6.45) is 0. The largest absolute Gasteiger partial charge is 0.409 e. The van der Waals surface area contributed by atoms with E-state index in [9.17, 15) is 4.48 Å². The van der Waals surface area contributed by atoms with Gasteiger partial charge in [0.05, 0.1) is 0 Å². The van der Waals surface area contributed by atoms with Crippen LogP contribution in [0.15, 0.2) is 30.3 Å². The van der Waals surface area contributed by atoms with Gasteiger partial charge in [-0.3, -0.25) is 0 Å². The molecule has 0 spiro atoms. The minimum atomic E-state index is 0.685. The fraction of sp³-hybridized carbons (Fsp3) is 0.143. The Morgan fingerprint density at radius 2 is 2.08 bits per heavy atom. The molecule has 0 radical (unpaired) electrons. The first-order valence-corrected chi connectivity index (χ1v) is 4.02. The van der Waals surface area contributed by atoms with Gasteiger partial charge in [-0.25, -0.2) is 0 Å². The van der Waals surface area contributed by atoms with Crippen LogP contribution in [0.1, 0.15) is 0 Å². The van der Waals surface area contributed by atoms with E-state index in [1.54, 1.807) is 12.1 Å². The molecule has 5 heteroatoms. The summed E-state index contributed by atoms with van der Waals surface area (Å²) in [7, 11) is 1.51. The molecule has 0 aromatic heterocycles. The van der Waals surface area contributed by atoms with Gasteiger partial charge in [0.15, 0.2) is 12.2 Å². The normalized spacial score (nSPS) is 10.2. The number of hydrogen-bond donors (Lipinski definition) is 1. The highest BCUT2D eigenvalue weighted by atomic mass is 32.2. The SMILES string of the molecule is CN(NF)SOc1ccccc1. The molecule has 12 heavy (non-hydrogen) atoms. The molecular formula is C7H9FN2OS. The number of para-hydroxylation sites is 1. The lowest BCUT2D eigenvalue weighted by Crippen LogP contribution is -2.20. The third-order valence-electron chi connectivity index (χ3n) is 1.11.